The summed E-state index contributed by atoms with van der Waals surface area (Å²) in [6.45, 7) is 0.534. The maximum Gasteiger partial charge on any atom is 0.169 e. The minimum atomic E-state index is -0.352. The average Bonchev–Trinajstić information content (AvgIpc) is 3.34. The van der Waals surface area contributed by atoms with Gasteiger partial charge in [-0.1, -0.05) is 16.4 Å². The number of aromatic amines is 1. The molecule has 0 fully saturated rings. The molecule has 0 saturated heterocycles. The first-order chi connectivity index (χ1) is 11.8. The van der Waals surface area contributed by atoms with Crippen molar-refractivity contribution < 1.29 is 13.8 Å². The van der Waals surface area contributed by atoms with Gasteiger partial charge in [0.1, 0.15) is 24.0 Å². The van der Waals surface area contributed by atoms with Gasteiger partial charge in [-0.15, -0.1) is 0 Å². The van der Waals surface area contributed by atoms with Crippen molar-refractivity contribution in [1.29, 1.82) is 0 Å². The number of imidazole rings is 1. The summed E-state index contributed by atoms with van der Waals surface area (Å²) in [4.78, 5) is 12.3. The first-order valence-electron chi connectivity index (χ1n) is 7.46. The Morgan fingerprint density at radius 2 is 2.29 bits per heavy atom. The Kier molecular flexibility index (Phi) is 3.70. The van der Waals surface area contributed by atoms with E-state index in [2.05, 4.69) is 25.6 Å². The molecule has 2 aromatic heterocycles. The molecule has 8 heteroatoms. The highest BCUT2D eigenvalue weighted by atomic mass is 19.1. The Hall–Kier alpha value is -3.16. The van der Waals surface area contributed by atoms with Gasteiger partial charge in [-0.25, -0.2) is 9.37 Å². The van der Waals surface area contributed by atoms with Gasteiger partial charge in [-0.2, -0.15) is 0 Å². The highest BCUT2D eigenvalue weighted by molar-refractivity contribution is 6.01. The summed E-state index contributed by atoms with van der Waals surface area (Å²) in [7, 11) is 0. The number of oxime groups is 1. The third-order valence-electron chi connectivity index (χ3n) is 3.74. The van der Waals surface area contributed by atoms with Gasteiger partial charge in [-0.05, 0) is 12.1 Å². The molecule has 0 unspecified atom stereocenters. The van der Waals surface area contributed by atoms with Crippen molar-refractivity contribution in [2.24, 2.45) is 5.16 Å². The van der Waals surface area contributed by atoms with Crippen LogP contribution in [-0.2, 0) is 4.84 Å². The molecule has 0 spiro atoms. The van der Waals surface area contributed by atoms with Gasteiger partial charge in [-0.3, -0.25) is 0 Å². The predicted molar refractivity (Wildman–Crippen MR) is 85.0 cm³/mol. The number of rotatable bonds is 5. The lowest BCUT2D eigenvalue weighted by Crippen LogP contribution is -2.20. The number of H-pyrrole nitrogens is 1. The summed E-state index contributed by atoms with van der Waals surface area (Å²) in [6, 6.07) is 6.68. The first-order valence-corrected chi connectivity index (χ1v) is 7.46. The molecular formula is C16H14FN5O2. The maximum atomic E-state index is 14.3. The monoisotopic (exact) mass is 327 g/mol. The number of benzene rings is 1. The molecule has 1 aromatic carbocycles. The molecule has 0 aliphatic carbocycles. The second kappa shape index (κ2) is 6.15. The quantitative estimate of drug-likeness (QED) is 0.752. The fourth-order valence-corrected chi connectivity index (χ4v) is 2.53. The molecule has 0 amide bonds. The molecule has 24 heavy (non-hydrogen) atoms. The second-order valence-electron chi connectivity index (χ2n) is 5.37. The maximum absolute atomic E-state index is 14.3. The van der Waals surface area contributed by atoms with E-state index in [0.29, 0.717) is 41.4 Å². The third kappa shape index (κ3) is 2.85. The number of hydrogen-bond acceptors (Lipinski definition) is 6. The van der Waals surface area contributed by atoms with E-state index in [4.69, 9.17) is 9.36 Å². The Morgan fingerprint density at radius 3 is 3.04 bits per heavy atom. The van der Waals surface area contributed by atoms with E-state index in [9.17, 15) is 4.39 Å². The fourth-order valence-electron chi connectivity index (χ4n) is 2.53. The van der Waals surface area contributed by atoms with Crippen molar-refractivity contribution in [3.8, 4) is 11.4 Å². The van der Waals surface area contributed by atoms with Crippen LogP contribution in [0.5, 0.6) is 0 Å². The summed E-state index contributed by atoms with van der Waals surface area (Å²) in [5, 5.41) is 10.9. The first kappa shape index (κ1) is 14.4. The van der Waals surface area contributed by atoms with Crippen LogP contribution < -0.4 is 5.32 Å². The van der Waals surface area contributed by atoms with Crippen LogP contribution in [-0.4, -0.2) is 33.5 Å². The normalized spacial score (nSPS) is 16.7. The molecule has 0 radical (unpaired) electrons. The van der Waals surface area contributed by atoms with Crippen LogP contribution >= 0.6 is 0 Å². The minimum absolute atomic E-state index is 0.135. The van der Waals surface area contributed by atoms with Crippen LogP contribution in [0, 0.1) is 5.82 Å². The van der Waals surface area contributed by atoms with Crippen LogP contribution in [0.4, 0.5) is 10.2 Å². The van der Waals surface area contributed by atoms with Gasteiger partial charge in [0, 0.05) is 30.4 Å². The molecule has 3 heterocycles. The largest absolute Gasteiger partial charge is 0.390 e. The Morgan fingerprint density at radius 1 is 1.33 bits per heavy atom. The second-order valence-corrected chi connectivity index (χ2v) is 5.37. The predicted octanol–water partition coefficient (Wildman–Crippen LogP) is 2.81. The molecule has 3 aromatic rings. The molecule has 122 valence electrons. The van der Waals surface area contributed by atoms with Crippen molar-refractivity contribution >= 4 is 11.5 Å². The summed E-state index contributed by atoms with van der Waals surface area (Å²) in [6.07, 6.45) is 5.19. The lowest BCUT2D eigenvalue weighted by Gasteiger charge is -2.08. The van der Waals surface area contributed by atoms with Crippen molar-refractivity contribution in [3.63, 3.8) is 0 Å². The number of halogens is 1. The van der Waals surface area contributed by atoms with Crippen molar-refractivity contribution in [3.05, 3.63) is 54.3 Å². The third-order valence-corrected chi connectivity index (χ3v) is 3.74. The molecule has 0 bridgehead atoms. The van der Waals surface area contributed by atoms with Crippen LogP contribution in [0.25, 0.3) is 11.4 Å². The summed E-state index contributed by atoms with van der Waals surface area (Å²) >= 11 is 0. The van der Waals surface area contributed by atoms with E-state index in [0.717, 1.165) is 0 Å². The van der Waals surface area contributed by atoms with Crippen LogP contribution in [0.3, 0.4) is 0 Å². The standard InChI is InChI=1S/C16H14FN5O2/c17-13-7-10(1-2-12(13)16-18-4-5-19-16)14-8-11(24-21-14)9-20-15-3-6-23-22-15/h1-7,11H,8-9H2,(H,18,19)(H,20,22)/t11-/m0/s1. The fraction of sp³-hybridized carbons (Fsp3) is 0.188. The van der Waals surface area contributed by atoms with E-state index in [1.54, 1.807) is 24.5 Å². The molecule has 0 saturated carbocycles. The topological polar surface area (TPSA) is 88.3 Å². The summed E-state index contributed by atoms with van der Waals surface area (Å²) in [5.74, 6) is 0.786. The van der Waals surface area contributed by atoms with Gasteiger partial charge < -0.3 is 19.7 Å². The number of nitrogens with zero attached hydrogens (tertiary/aromatic N) is 3. The van der Waals surface area contributed by atoms with Crippen molar-refractivity contribution in [1.82, 2.24) is 15.1 Å². The van der Waals surface area contributed by atoms with Gasteiger partial charge >= 0.3 is 0 Å². The molecule has 1 aliphatic rings. The van der Waals surface area contributed by atoms with E-state index in [1.165, 1.54) is 12.3 Å². The number of hydrogen-bond donors (Lipinski definition) is 2. The number of nitrogens with one attached hydrogen (secondary N) is 2. The van der Waals surface area contributed by atoms with E-state index < -0.39 is 0 Å². The van der Waals surface area contributed by atoms with Crippen LogP contribution in [0.1, 0.15) is 12.0 Å². The number of aromatic nitrogens is 3. The van der Waals surface area contributed by atoms with Gasteiger partial charge in [0.15, 0.2) is 5.82 Å². The molecular weight excluding hydrogens is 313 g/mol. The molecule has 4 rings (SSSR count). The molecule has 7 nitrogen and oxygen atoms in total. The Balaban J connectivity index is 1.42. The summed E-state index contributed by atoms with van der Waals surface area (Å²) < 4.78 is 19.1. The highest BCUT2D eigenvalue weighted by Gasteiger charge is 2.23. The zero-order valence-corrected chi connectivity index (χ0v) is 12.6. The SMILES string of the molecule is Fc1cc(C2=NO[C@H](CNc3ccon3)C2)ccc1-c1ncc[nH]1. The minimum Gasteiger partial charge on any atom is -0.390 e. The van der Waals surface area contributed by atoms with E-state index in [-0.39, 0.29) is 11.9 Å². The highest BCUT2D eigenvalue weighted by Crippen LogP contribution is 2.23. The average molecular weight is 327 g/mol. The van der Waals surface area contributed by atoms with Crippen LogP contribution in [0.15, 0.2) is 52.6 Å². The summed E-state index contributed by atoms with van der Waals surface area (Å²) in [5.41, 5.74) is 1.84. The lowest BCUT2D eigenvalue weighted by molar-refractivity contribution is 0.0948. The molecule has 2 N–H and O–H groups in total. The van der Waals surface area contributed by atoms with Gasteiger partial charge in [0.2, 0.25) is 0 Å². The Labute approximate surface area is 136 Å². The van der Waals surface area contributed by atoms with Gasteiger partial charge in [0.25, 0.3) is 0 Å². The lowest BCUT2D eigenvalue weighted by atomic mass is 10.0. The zero-order valence-electron chi connectivity index (χ0n) is 12.6. The smallest absolute Gasteiger partial charge is 0.169 e. The molecule has 1 atom stereocenters. The number of anilines is 1. The van der Waals surface area contributed by atoms with E-state index in [1.807, 2.05) is 6.07 Å². The zero-order chi connectivity index (χ0) is 16.4. The van der Waals surface area contributed by atoms with Gasteiger partial charge in [0.05, 0.1) is 17.8 Å². The molecule has 1 aliphatic heterocycles. The van der Waals surface area contributed by atoms with Crippen molar-refractivity contribution in [2.75, 3.05) is 11.9 Å². The Bertz CT molecular complexity index is 845. The van der Waals surface area contributed by atoms with Crippen molar-refractivity contribution in [2.45, 2.75) is 12.5 Å². The van der Waals surface area contributed by atoms with E-state index >= 15 is 0 Å². The van der Waals surface area contributed by atoms with Crippen LogP contribution in [0.2, 0.25) is 0 Å².